The average Bonchev–Trinajstić information content (AvgIpc) is 3.42. The monoisotopic (exact) mass is 452 g/mol. The van der Waals surface area contributed by atoms with Gasteiger partial charge in [-0.05, 0) is 62.2 Å². The van der Waals surface area contributed by atoms with Gasteiger partial charge in [0.1, 0.15) is 5.76 Å². The highest BCUT2D eigenvalue weighted by atomic mass is 16.5. The third-order valence-electron chi connectivity index (χ3n) is 7.06. The molecule has 1 N–H and O–H groups in total. The Balaban J connectivity index is 1.54. The maximum atomic E-state index is 12.4. The number of amides is 1. The van der Waals surface area contributed by atoms with Gasteiger partial charge in [-0.2, -0.15) is 0 Å². The van der Waals surface area contributed by atoms with E-state index in [2.05, 4.69) is 47.5 Å². The molecular formula is C27H36N2O4. The van der Waals surface area contributed by atoms with Crippen molar-refractivity contribution < 1.29 is 18.7 Å². The van der Waals surface area contributed by atoms with E-state index < -0.39 is 0 Å². The van der Waals surface area contributed by atoms with Gasteiger partial charge in [0.25, 0.3) is 0 Å². The van der Waals surface area contributed by atoms with Crippen LogP contribution in [0.15, 0.2) is 52.7 Å². The van der Waals surface area contributed by atoms with Gasteiger partial charge < -0.3 is 19.2 Å². The summed E-state index contributed by atoms with van der Waals surface area (Å²) in [7, 11) is 1.69. The first-order chi connectivity index (χ1) is 16.1. The van der Waals surface area contributed by atoms with Crippen molar-refractivity contribution in [3.63, 3.8) is 0 Å². The molecule has 1 saturated heterocycles. The lowest BCUT2D eigenvalue weighted by Gasteiger charge is -2.44. The molecule has 6 heteroatoms. The van der Waals surface area contributed by atoms with Crippen molar-refractivity contribution in [3.05, 3.63) is 65.1 Å². The molecule has 0 bridgehead atoms. The lowest BCUT2D eigenvalue weighted by atomic mass is 9.71. The topological polar surface area (TPSA) is 63.9 Å². The molecular weight excluding hydrogens is 416 g/mol. The summed E-state index contributed by atoms with van der Waals surface area (Å²) in [6, 6.07) is 12.3. The highest BCUT2D eigenvalue weighted by Crippen LogP contribution is 2.52. The van der Waals surface area contributed by atoms with E-state index in [9.17, 15) is 4.79 Å². The Kier molecular flexibility index (Phi) is 7.68. The van der Waals surface area contributed by atoms with Gasteiger partial charge >= 0.3 is 0 Å². The molecule has 178 valence electrons. The standard InChI is InChI=1S/C27H36N2O4/c1-4-24(30)28-25-22-9-5-6-10-23(22)27(26(25)33-17-16-31-3)11-13-29(14-12-27)19-20(2)18-21-8-7-15-32-21/h5-10,15,18,25-26H,4,11-14,16-17,19H2,1-3H3,(H,28,30)/b20-18+/t25-,26+/m1/s1. The number of carbonyl (C=O) groups is 1. The van der Waals surface area contributed by atoms with Crippen molar-refractivity contribution in [1.29, 1.82) is 0 Å². The van der Waals surface area contributed by atoms with Crippen LogP contribution in [-0.2, 0) is 19.7 Å². The molecule has 2 heterocycles. The number of hydrogen-bond donors (Lipinski definition) is 1. The zero-order valence-electron chi connectivity index (χ0n) is 20.0. The molecule has 1 amide bonds. The van der Waals surface area contributed by atoms with Crippen LogP contribution in [0.4, 0.5) is 0 Å². The van der Waals surface area contributed by atoms with E-state index in [-0.39, 0.29) is 23.5 Å². The number of furan rings is 1. The van der Waals surface area contributed by atoms with Crippen LogP contribution in [0.1, 0.15) is 56.0 Å². The van der Waals surface area contributed by atoms with E-state index in [1.165, 1.54) is 16.7 Å². The predicted molar refractivity (Wildman–Crippen MR) is 129 cm³/mol. The lowest BCUT2D eigenvalue weighted by molar-refractivity contribution is -0.124. The zero-order chi connectivity index (χ0) is 23.3. The maximum Gasteiger partial charge on any atom is 0.220 e. The number of methoxy groups -OCH3 is 1. The second kappa shape index (κ2) is 10.7. The molecule has 1 aromatic carbocycles. The number of hydrogen-bond acceptors (Lipinski definition) is 5. The van der Waals surface area contributed by atoms with Crippen LogP contribution in [0.3, 0.4) is 0 Å². The summed E-state index contributed by atoms with van der Waals surface area (Å²) in [5.74, 6) is 0.954. The largest absolute Gasteiger partial charge is 0.465 e. The van der Waals surface area contributed by atoms with Crippen molar-refractivity contribution >= 4 is 12.0 Å². The molecule has 6 nitrogen and oxygen atoms in total. The number of nitrogens with one attached hydrogen (secondary N) is 1. The minimum absolute atomic E-state index is 0.0586. The molecule has 2 atom stereocenters. The van der Waals surface area contributed by atoms with Gasteiger partial charge in [-0.25, -0.2) is 0 Å². The number of piperidine rings is 1. The Morgan fingerprint density at radius 3 is 2.70 bits per heavy atom. The van der Waals surface area contributed by atoms with Crippen LogP contribution in [0.25, 0.3) is 6.08 Å². The van der Waals surface area contributed by atoms with Gasteiger partial charge in [-0.3, -0.25) is 9.69 Å². The zero-order valence-corrected chi connectivity index (χ0v) is 20.0. The molecule has 0 unspecified atom stereocenters. The van der Waals surface area contributed by atoms with Crippen molar-refractivity contribution in [2.75, 3.05) is 40.0 Å². The Labute approximate surface area is 196 Å². The number of benzene rings is 1. The van der Waals surface area contributed by atoms with Gasteiger partial charge in [0.05, 0.1) is 31.6 Å². The van der Waals surface area contributed by atoms with Crippen LogP contribution >= 0.6 is 0 Å². The highest BCUT2D eigenvalue weighted by molar-refractivity contribution is 5.76. The Bertz CT molecular complexity index is 945. The number of likely N-dealkylation sites (tertiary alicyclic amines) is 1. The molecule has 1 aliphatic carbocycles. The number of ether oxygens (including phenoxy) is 2. The summed E-state index contributed by atoms with van der Waals surface area (Å²) in [6.07, 6.45) is 6.18. The first-order valence-corrected chi connectivity index (χ1v) is 12.0. The molecule has 0 radical (unpaired) electrons. The summed E-state index contributed by atoms with van der Waals surface area (Å²) in [5.41, 5.74) is 3.71. The molecule has 2 aliphatic rings. The normalized spacial score (nSPS) is 22.5. The van der Waals surface area contributed by atoms with Crippen molar-refractivity contribution in [1.82, 2.24) is 10.2 Å². The van der Waals surface area contributed by atoms with E-state index in [0.29, 0.717) is 19.6 Å². The minimum atomic E-state index is -0.127. The second-order valence-corrected chi connectivity index (χ2v) is 9.21. The van der Waals surface area contributed by atoms with Crippen LogP contribution in [0.2, 0.25) is 0 Å². The smallest absolute Gasteiger partial charge is 0.220 e. The Hall–Kier alpha value is -2.41. The van der Waals surface area contributed by atoms with Crippen LogP contribution in [-0.4, -0.2) is 56.9 Å². The molecule has 4 rings (SSSR count). The van der Waals surface area contributed by atoms with E-state index >= 15 is 0 Å². The quantitative estimate of drug-likeness (QED) is 0.574. The number of rotatable bonds is 9. The fourth-order valence-electron chi connectivity index (χ4n) is 5.48. The second-order valence-electron chi connectivity index (χ2n) is 9.21. The first kappa shape index (κ1) is 23.7. The predicted octanol–water partition coefficient (Wildman–Crippen LogP) is 4.33. The van der Waals surface area contributed by atoms with E-state index in [0.717, 1.165) is 38.2 Å². The molecule has 1 aliphatic heterocycles. The third-order valence-corrected chi connectivity index (χ3v) is 7.06. The molecule has 0 saturated carbocycles. The number of nitrogens with zero attached hydrogens (tertiary/aromatic N) is 1. The summed E-state index contributed by atoms with van der Waals surface area (Å²) < 4.78 is 17.2. The van der Waals surface area contributed by atoms with E-state index in [1.807, 2.05) is 19.1 Å². The highest BCUT2D eigenvalue weighted by Gasteiger charge is 2.54. The van der Waals surface area contributed by atoms with Gasteiger partial charge in [-0.1, -0.05) is 36.8 Å². The fourth-order valence-corrected chi connectivity index (χ4v) is 5.48. The van der Waals surface area contributed by atoms with Gasteiger partial charge in [-0.15, -0.1) is 0 Å². The van der Waals surface area contributed by atoms with Gasteiger partial charge in [0.2, 0.25) is 5.91 Å². The molecule has 2 aromatic rings. The molecule has 1 aromatic heterocycles. The van der Waals surface area contributed by atoms with E-state index in [1.54, 1.807) is 13.4 Å². The summed E-state index contributed by atoms with van der Waals surface area (Å²) >= 11 is 0. The van der Waals surface area contributed by atoms with Crippen molar-refractivity contribution in [2.24, 2.45) is 0 Å². The van der Waals surface area contributed by atoms with Gasteiger partial charge in [0.15, 0.2) is 0 Å². The van der Waals surface area contributed by atoms with Crippen molar-refractivity contribution in [2.45, 2.75) is 50.7 Å². The van der Waals surface area contributed by atoms with Crippen LogP contribution in [0.5, 0.6) is 0 Å². The Morgan fingerprint density at radius 1 is 1.21 bits per heavy atom. The molecule has 1 spiro atoms. The molecule has 1 fully saturated rings. The van der Waals surface area contributed by atoms with Gasteiger partial charge in [0, 0.05) is 25.5 Å². The number of carbonyl (C=O) groups excluding carboxylic acids is 1. The minimum Gasteiger partial charge on any atom is -0.465 e. The number of fused-ring (bicyclic) bond motifs is 2. The summed E-state index contributed by atoms with van der Waals surface area (Å²) in [5, 5.41) is 3.26. The first-order valence-electron chi connectivity index (χ1n) is 12.0. The molecule has 33 heavy (non-hydrogen) atoms. The van der Waals surface area contributed by atoms with Crippen LogP contribution < -0.4 is 5.32 Å². The average molecular weight is 453 g/mol. The summed E-state index contributed by atoms with van der Waals surface area (Å²) in [4.78, 5) is 14.9. The summed E-state index contributed by atoms with van der Waals surface area (Å²) in [6.45, 7) is 8.00. The SMILES string of the molecule is CCC(=O)N[C@@H]1c2ccccc2C2(CCN(C/C(C)=C/c3ccco3)CC2)[C@H]1OCCOC. The third kappa shape index (κ3) is 5.08. The maximum absolute atomic E-state index is 12.4. The Morgan fingerprint density at radius 2 is 2.00 bits per heavy atom. The lowest BCUT2D eigenvalue weighted by Crippen LogP contribution is -2.51. The fraction of sp³-hybridized carbons (Fsp3) is 0.519. The van der Waals surface area contributed by atoms with Crippen molar-refractivity contribution in [3.8, 4) is 0 Å². The van der Waals surface area contributed by atoms with Crippen LogP contribution in [0, 0.1) is 0 Å². The van der Waals surface area contributed by atoms with E-state index in [4.69, 9.17) is 13.9 Å².